The highest BCUT2D eigenvalue weighted by molar-refractivity contribution is 9.10. The van der Waals surface area contributed by atoms with Crippen LogP contribution in [-0.4, -0.2) is 0 Å². The van der Waals surface area contributed by atoms with Crippen molar-refractivity contribution >= 4 is 31.9 Å². The van der Waals surface area contributed by atoms with Crippen molar-refractivity contribution in [3.63, 3.8) is 0 Å². The van der Waals surface area contributed by atoms with Gasteiger partial charge < -0.3 is 4.74 Å². The minimum absolute atomic E-state index is 0.257. The molecule has 0 fully saturated rings. The standard InChI is InChI=1S/C14H11Br2FO/c15-8-10-1-5-13(6-2-10)18-9-11-3-4-12(17)7-14(11)16/h1-7H,8-9H2. The summed E-state index contributed by atoms with van der Waals surface area (Å²) in [5.41, 5.74) is 2.12. The molecule has 0 aliphatic heterocycles. The maximum Gasteiger partial charge on any atom is 0.124 e. The molecular formula is C14H11Br2FO. The van der Waals surface area contributed by atoms with Gasteiger partial charge >= 0.3 is 0 Å². The highest BCUT2D eigenvalue weighted by Gasteiger charge is 2.02. The molecule has 0 atom stereocenters. The third kappa shape index (κ3) is 3.56. The molecule has 0 saturated carbocycles. The molecule has 94 valence electrons. The Morgan fingerprint density at radius 3 is 2.39 bits per heavy atom. The first-order valence-corrected chi connectivity index (χ1v) is 7.32. The number of hydrogen-bond donors (Lipinski definition) is 0. The van der Waals surface area contributed by atoms with Crippen LogP contribution < -0.4 is 4.74 Å². The van der Waals surface area contributed by atoms with Crippen LogP contribution in [0.25, 0.3) is 0 Å². The second-order valence-electron chi connectivity index (χ2n) is 3.80. The van der Waals surface area contributed by atoms with Crippen molar-refractivity contribution in [3.8, 4) is 5.75 Å². The smallest absolute Gasteiger partial charge is 0.124 e. The molecule has 1 nitrogen and oxygen atoms in total. The van der Waals surface area contributed by atoms with E-state index in [0.29, 0.717) is 6.61 Å². The van der Waals surface area contributed by atoms with Gasteiger partial charge in [0.2, 0.25) is 0 Å². The van der Waals surface area contributed by atoms with E-state index in [1.165, 1.54) is 17.7 Å². The summed E-state index contributed by atoms with van der Waals surface area (Å²) in [6.07, 6.45) is 0. The fraction of sp³-hybridized carbons (Fsp3) is 0.143. The van der Waals surface area contributed by atoms with E-state index >= 15 is 0 Å². The number of halogens is 3. The maximum absolute atomic E-state index is 12.9. The zero-order valence-electron chi connectivity index (χ0n) is 9.50. The van der Waals surface area contributed by atoms with Crippen molar-refractivity contribution in [1.29, 1.82) is 0 Å². The quantitative estimate of drug-likeness (QED) is 0.680. The van der Waals surface area contributed by atoms with Gasteiger partial charge in [-0.15, -0.1) is 0 Å². The lowest BCUT2D eigenvalue weighted by Gasteiger charge is -2.08. The maximum atomic E-state index is 12.9. The summed E-state index contributed by atoms with van der Waals surface area (Å²) >= 11 is 6.71. The van der Waals surface area contributed by atoms with Crippen LogP contribution in [0.1, 0.15) is 11.1 Å². The molecule has 2 aromatic rings. The van der Waals surface area contributed by atoms with E-state index in [9.17, 15) is 4.39 Å². The van der Waals surface area contributed by atoms with E-state index < -0.39 is 0 Å². The van der Waals surface area contributed by atoms with Crippen molar-refractivity contribution in [3.05, 3.63) is 63.9 Å². The Bertz CT molecular complexity index is 526. The van der Waals surface area contributed by atoms with Crippen molar-refractivity contribution in [2.75, 3.05) is 0 Å². The fourth-order valence-electron chi connectivity index (χ4n) is 1.47. The van der Waals surface area contributed by atoms with Gasteiger partial charge in [0.05, 0.1) is 0 Å². The van der Waals surface area contributed by atoms with Gasteiger partial charge in [-0.2, -0.15) is 0 Å². The molecule has 0 saturated heterocycles. The summed E-state index contributed by atoms with van der Waals surface area (Å²) < 4.78 is 19.3. The van der Waals surface area contributed by atoms with Gasteiger partial charge in [0.1, 0.15) is 18.2 Å². The zero-order valence-corrected chi connectivity index (χ0v) is 12.7. The average Bonchev–Trinajstić information content (AvgIpc) is 2.38. The predicted octanol–water partition coefficient (Wildman–Crippen LogP) is 5.06. The Morgan fingerprint density at radius 1 is 1.06 bits per heavy atom. The van der Waals surface area contributed by atoms with Crippen LogP contribution in [0.15, 0.2) is 46.9 Å². The summed E-state index contributed by atoms with van der Waals surface area (Å²) in [6.45, 7) is 0.411. The summed E-state index contributed by atoms with van der Waals surface area (Å²) in [5.74, 6) is 0.545. The van der Waals surface area contributed by atoms with Crippen LogP contribution in [0.4, 0.5) is 4.39 Å². The Balaban J connectivity index is 2.02. The van der Waals surface area contributed by atoms with Crippen LogP contribution >= 0.6 is 31.9 Å². The van der Waals surface area contributed by atoms with Gasteiger partial charge in [0.15, 0.2) is 0 Å². The second kappa shape index (κ2) is 6.34. The molecule has 2 aromatic carbocycles. The van der Waals surface area contributed by atoms with Gasteiger partial charge in [-0.3, -0.25) is 0 Å². The molecule has 0 aromatic heterocycles. The minimum Gasteiger partial charge on any atom is -0.489 e. The number of ether oxygens (including phenoxy) is 1. The van der Waals surface area contributed by atoms with Gasteiger partial charge in [-0.25, -0.2) is 4.39 Å². The molecule has 0 aliphatic rings. The van der Waals surface area contributed by atoms with E-state index in [1.807, 2.05) is 24.3 Å². The third-order valence-electron chi connectivity index (χ3n) is 2.49. The molecule has 0 aliphatic carbocycles. The fourth-order valence-corrected chi connectivity index (χ4v) is 2.31. The molecule has 18 heavy (non-hydrogen) atoms. The van der Waals surface area contributed by atoms with Crippen molar-refractivity contribution in [2.45, 2.75) is 11.9 Å². The zero-order chi connectivity index (χ0) is 13.0. The molecule has 2 rings (SSSR count). The molecule has 0 bridgehead atoms. The molecule has 4 heteroatoms. The molecule has 0 unspecified atom stereocenters. The summed E-state index contributed by atoms with van der Waals surface area (Å²) in [6, 6.07) is 12.4. The van der Waals surface area contributed by atoms with E-state index in [0.717, 1.165) is 21.1 Å². The average molecular weight is 374 g/mol. The highest BCUT2D eigenvalue weighted by Crippen LogP contribution is 2.21. The SMILES string of the molecule is Fc1ccc(COc2ccc(CBr)cc2)c(Br)c1. The first-order chi connectivity index (χ1) is 8.69. The summed E-state index contributed by atoms with van der Waals surface area (Å²) in [4.78, 5) is 0. The lowest BCUT2D eigenvalue weighted by atomic mass is 10.2. The van der Waals surface area contributed by atoms with Gasteiger partial charge in [-0.05, 0) is 29.8 Å². The summed E-state index contributed by atoms with van der Waals surface area (Å²) in [5, 5.41) is 0.830. The molecule has 0 N–H and O–H groups in total. The van der Waals surface area contributed by atoms with Crippen molar-refractivity contribution in [1.82, 2.24) is 0 Å². The lowest BCUT2D eigenvalue weighted by molar-refractivity contribution is 0.305. The molecule has 0 radical (unpaired) electrons. The Morgan fingerprint density at radius 2 is 1.78 bits per heavy atom. The van der Waals surface area contributed by atoms with Crippen LogP contribution in [0, 0.1) is 5.82 Å². The van der Waals surface area contributed by atoms with E-state index in [1.54, 1.807) is 6.07 Å². The van der Waals surface area contributed by atoms with Crippen LogP contribution in [0.5, 0.6) is 5.75 Å². The van der Waals surface area contributed by atoms with Crippen molar-refractivity contribution in [2.24, 2.45) is 0 Å². The monoisotopic (exact) mass is 372 g/mol. The second-order valence-corrected chi connectivity index (χ2v) is 5.22. The van der Waals surface area contributed by atoms with Crippen LogP contribution in [0.3, 0.4) is 0 Å². The highest BCUT2D eigenvalue weighted by atomic mass is 79.9. The number of rotatable bonds is 4. The summed E-state index contributed by atoms with van der Waals surface area (Å²) in [7, 11) is 0. The predicted molar refractivity (Wildman–Crippen MR) is 77.5 cm³/mol. The Kier molecular flexibility index (Phi) is 4.78. The lowest BCUT2D eigenvalue weighted by Crippen LogP contribution is -1.97. The molecule has 0 amide bonds. The van der Waals surface area contributed by atoms with E-state index in [4.69, 9.17) is 4.74 Å². The number of hydrogen-bond acceptors (Lipinski definition) is 1. The first-order valence-electron chi connectivity index (χ1n) is 5.40. The largest absolute Gasteiger partial charge is 0.489 e. The van der Waals surface area contributed by atoms with Gasteiger partial charge in [0, 0.05) is 15.4 Å². The topological polar surface area (TPSA) is 9.23 Å². The van der Waals surface area contributed by atoms with E-state index in [2.05, 4.69) is 31.9 Å². The van der Waals surface area contributed by atoms with E-state index in [-0.39, 0.29) is 5.82 Å². The molecule has 0 spiro atoms. The Hall–Kier alpha value is -0.870. The van der Waals surface area contributed by atoms with Crippen LogP contribution in [0.2, 0.25) is 0 Å². The first kappa shape index (κ1) is 13.6. The van der Waals surface area contributed by atoms with Gasteiger partial charge in [0.25, 0.3) is 0 Å². The van der Waals surface area contributed by atoms with Crippen molar-refractivity contribution < 1.29 is 9.13 Å². The van der Waals surface area contributed by atoms with Gasteiger partial charge in [-0.1, -0.05) is 50.1 Å². The minimum atomic E-state index is -0.257. The third-order valence-corrected chi connectivity index (χ3v) is 3.87. The molecular weight excluding hydrogens is 363 g/mol. The number of benzene rings is 2. The Labute approximate surface area is 122 Å². The van der Waals surface area contributed by atoms with Crippen LogP contribution in [-0.2, 0) is 11.9 Å². The number of alkyl halides is 1. The molecule has 0 heterocycles. The normalized spacial score (nSPS) is 10.4.